The zero-order valence-electron chi connectivity index (χ0n) is 15.5. The Hall–Kier alpha value is -2.93. The lowest BCUT2D eigenvalue weighted by Crippen LogP contribution is -2.39. The van der Waals surface area contributed by atoms with Gasteiger partial charge in [0.1, 0.15) is 0 Å². The Bertz CT molecular complexity index is 1010. The zero-order valence-corrected chi connectivity index (χ0v) is 16.4. The minimum absolute atomic E-state index is 0.0718. The van der Waals surface area contributed by atoms with Gasteiger partial charge in [-0.3, -0.25) is 9.48 Å². The number of aromatic carboxylic acids is 1. The number of likely N-dealkylation sites (tertiary alicyclic amines) is 1. The highest BCUT2D eigenvalue weighted by molar-refractivity contribution is 7.13. The van der Waals surface area contributed by atoms with E-state index in [-0.39, 0.29) is 17.4 Å². The number of rotatable bonds is 4. The largest absolute Gasteiger partial charge is 0.478 e. The maximum absolute atomic E-state index is 13.0. The van der Waals surface area contributed by atoms with Gasteiger partial charge in [0.05, 0.1) is 16.1 Å². The topological polar surface area (TPSA) is 75.4 Å². The lowest BCUT2D eigenvalue weighted by Gasteiger charge is -2.32. The van der Waals surface area contributed by atoms with Crippen molar-refractivity contribution < 1.29 is 14.7 Å². The molecule has 0 unspecified atom stereocenters. The van der Waals surface area contributed by atoms with Crippen LogP contribution in [0.4, 0.5) is 0 Å². The second-order valence-corrected chi connectivity index (χ2v) is 7.98. The summed E-state index contributed by atoms with van der Waals surface area (Å²) < 4.78 is 1.75. The summed E-state index contributed by atoms with van der Waals surface area (Å²) in [5.41, 5.74) is 2.64. The summed E-state index contributed by atoms with van der Waals surface area (Å²) in [5.74, 6) is -0.866. The van der Waals surface area contributed by atoms with E-state index in [9.17, 15) is 14.7 Å². The van der Waals surface area contributed by atoms with E-state index in [1.807, 2.05) is 41.6 Å². The summed E-state index contributed by atoms with van der Waals surface area (Å²) in [5, 5.41) is 15.7. The number of hydrogen-bond acceptors (Lipinski definition) is 4. The first kappa shape index (κ1) is 18.4. The number of carboxylic acids is 1. The van der Waals surface area contributed by atoms with Crippen LogP contribution in [0, 0.1) is 0 Å². The van der Waals surface area contributed by atoms with Gasteiger partial charge in [0.15, 0.2) is 5.69 Å². The Morgan fingerprint density at radius 3 is 2.82 bits per heavy atom. The van der Waals surface area contributed by atoms with Gasteiger partial charge in [0, 0.05) is 26.1 Å². The van der Waals surface area contributed by atoms with Crippen molar-refractivity contribution in [2.24, 2.45) is 7.05 Å². The van der Waals surface area contributed by atoms with Gasteiger partial charge in [0.2, 0.25) is 0 Å². The quantitative estimate of drug-likeness (QED) is 0.728. The van der Waals surface area contributed by atoms with Crippen molar-refractivity contribution in [2.75, 3.05) is 13.1 Å². The molecule has 3 heterocycles. The van der Waals surface area contributed by atoms with Crippen LogP contribution in [0.1, 0.15) is 45.2 Å². The van der Waals surface area contributed by atoms with Gasteiger partial charge in [-0.1, -0.05) is 18.2 Å². The molecule has 1 N–H and O–H groups in total. The van der Waals surface area contributed by atoms with Crippen molar-refractivity contribution in [3.63, 3.8) is 0 Å². The fourth-order valence-corrected chi connectivity index (χ4v) is 4.52. The number of aryl methyl sites for hydroxylation is 1. The molecule has 144 valence electrons. The highest BCUT2D eigenvalue weighted by Gasteiger charge is 2.27. The number of piperidine rings is 1. The van der Waals surface area contributed by atoms with E-state index in [2.05, 4.69) is 5.10 Å². The molecule has 1 aliphatic heterocycles. The number of carboxylic acid groups (broad SMARTS) is 1. The monoisotopic (exact) mass is 395 g/mol. The maximum Gasteiger partial charge on any atom is 0.335 e. The molecule has 1 amide bonds. The molecule has 0 spiro atoms. The molecule has 6 nitrogen and oxygen atoms in total. The van der Waals surface area contributed by atoms with Gasteiger partial charge in [-0.25, -0.2) is 4.79 Å². The third-order valence-corrected chi connectivity index (χ3v) is 6.08. The van der Waals surface area contributed by atoms with Gasteiger partial charge in [0.25, 0.3) is 5.91 Å². The van der Waals surface area contributed by atoms with E-state index in [1.54, 1.807) is 34.2 Å². The molecule has 0 saturated carbocycles. The molecular formula is C21H21N3O3S. The van der Waals surface area contributed by atoms with Crippen LogP contribution in [-0.4, -0.2) is 44.8 Å². The van der Waals surface area contributed by atoms with E-state index in [1.165, 1.54) is 0 Å². The van der Waals surface area contributed by atoms with Crippen molar-refractivity contribution in [3.05, 3.63) is 64.7 Å². The number of benzene rings is 1. The Balaban J connectivity index is 1.53. The minimum atomic E-state index is -0.930. The van der Waals surface area contributed by atoms with Crippen LogP contribution in [0.2, 0.25) is 0 Å². The number of carbonyl (C=O) groups excluding carboxylic acids is 1. The average Bonchev–Trinajstić information content (AvgIpc) is 3.37. The van der Waals surface area contributed by atoms with Gasteiger partial charge in [-0.15, -0.1) is 11.3 Å². The van der Waals surface area contributed by atoms with Crippen LogP contribution >= 0.6 is 11.3 Å². The van der Waals surface area contributed by atoms with Crippen LogP contribution in [0.3, 0.4) is 0 Å². The smallest absolute Gasteiger partial charge is 0.335 e. The molecule has 1 atom stereocenters. The van der Waals surface area contributed by atoms with Crippen LogP contribution in [0.15, 0.2) is 47.8 Å². The molecule has 0 radical (unpaired) electrons. The Labute approximate surface area is 167 Å². The minimum Gasteiger partial charge on any atom is -0.478 e. The number of amides is 1. The Morgan fingerprint density at radius 1 is 1.21 bits per heavy atom. The molecule has 0 bridgehead atoms. The molecule has 7 heteroatoms. The van der Waals surface area contributed by atoms with E-state index in [0.29, 0.717) is 18.8 Å². The summed E-state index contributed by atoms with van der Waals surface area (Å²) >= 11 is 1.62. The third-order valence-electron chi connectivity index (χ3n) is 5.19. The standard InChI is InChI=1S/C21H21N3O3S/c1-23-18(19-8-4-10-28-19)12-17(22-23)20(25)24-9-3-7-16(13-24)14-5-2-6-15(11-14)21(26)27/h2,4-6,8,10-12,16H,3,7,9,13H2,1H3,(H,26,27)/t16-/m1/s1. The molecule has 1 saturated heterocycles. The van der Waals surface area contributed by atoms with Crippen LogP contribution in [0.25, 0.3) is 10.6 Å². The number of hydrogen-bond donors (Lipinski definition) is 1. The number of carbonyl (C=O) groups is 2. The van der Waals surface area contributed by atoms with E-state index in [0.717, 1.165) is 29.0 Å². The predicted molar refractivity (Wildman–Crippen MR) is 108 cm³/mol. The fraction of sp³-hybridized carbons (Fsp3) is 0.286. The Kier molecular flexibility index (Phi) is 5.00. The van der Waals surface area contributed by atoms with Crippen LogP contribution in [-0.2, 0) is 7.05 Å². The molecule has 0 aliphatic carbocycles. The van der Waals surface area contributed by atoms with Gasteiger partial charge in [-0.2, -0.15) is 5.10 Å². The van der Waals surface area contributed by atoms with Crippen molar-refractivity contribution in [1.82, 2.24) is 14.7 Å². The zero-order chi connectivity index (χ0) is 19.7. The second kappa shape index (κ2) is 7.59. The van der Waals surface area contributed by atoms with Crippen LogP contribution < -0.4 is 0 Å². The summed E-state index contributed by atoms with van der Waals surface area (Å²) in [7, 11) is 1.85. The Morgan fingerprint density at radius 2 is 2.07 bits per heavy atom. The summed E-state index contributed by atoms with van der Waals surface area (Å²) in [6, 6.07) is 12.9. The molecule has 1 aromatic carbocycles. The molecule has 3 aromatic rings. The van der Waals surface area contributed by atoms with Gasteiger partial charge in [-0.05, 0) is 48.1 Å². The highest BCUT2D eigenvalue weighted by Crippen LogP contribution is 2.29. The maximum atomic E-state index is 13.0. The number of aromatic nitrogens is 2. The second-order valence-electron chi connectivity index (χ2n) is 7.04. The van der Waals surface area contributed by atoms with Crippen molar-refractivity contribution in [2.45, 2.75) is 18.8 Å². The van der Waals surface area contributed by atoms with E-state index in [4.69, 9.17) is 0 Å². The van der Waals surface area contributed by atoms with Crippen LogP contribution in [0.5, 0.6) is 0 Å². The molecule has 2 aromatic heterocycles. The van der Waals surface area contributed by atoms with Crippen molar-refractivity contribution >= 4 is 23.2 Å². The fourth-order valence-electron chi connectivity index (χ4n) is 3.75. The molecule has 1 aliphatic rings. The normalized spacial score (nSPS) is 16.9. The number of thiophene rings is 1. The number of nitrogens with zero attached hydrogens (tertiary/aromatic N) is 3. The lowest BCUT2D eigenvalue weighted by molar-refractivity contribution is 0.0685. The highest BCUT2D eigenvalue weighted by atomic mass is 32.1. The molecule has 1 fully saturated rings. The first-order chi connectivity index (χ1) is 13.5. The molecule has 28 heavy (non-hydrogen) atoms. The van der Waals surface area contributed by atoms with E-state index < -0.39 is 5.97 Å². The van der Waals surface area contributed by atoms with E-state index >= 15 is 0 Å². The third kappa shape index (κ3) is 3.57. The van der Waals surface area contributed by atoms with Gasteiger partial charge >= 0.3 is 5.97 Å². The summed E-state index contributed by atoms with van der Waals surface area (Å²) in [6.45, 7) is 1.27. The summed E-state index contributed by atoms with van der Waals surface area (Å²) in [4.78, 5) is 27.2. The first-order valence-corrected chi connectivity index (χ1v) is 10.1. The van der Waals surface area contributed by atoms with Crippen molar-refractivity contribution in [1.29, 1.82) is 0 Å². The SMILES string of the molecule is Cn1nc(C(=O)N2CCC[C@@H](c3cccc(C(=O)O)c3)C2)cc1-c1cccs1. The predicted octanol–water partition coefficient (Wildman–Crippen LogP) is 3.87. The van der Waals surface area contributed by atoms with Gasteiger partial charge < -0.3 is 10.0 Å². The lowest BCUT2D eigenvalue weighted by atomic mass is 9.89. The molecular weight excluding hydrogens is 374 g/mol. The van der Waals surface area contributed by atoms with Crippen molar-refractivity contribution in [3.8, 4) is 10.6 Å². The first-order valence-electron chi connectivity index (χ1n) is 9.23. The summed E-state index contributed by atoms with van der Waals surface area (Å²) in [6.07, 6.45) is 1.83. The molecule has 4 rings (SSSR count). The average molecular weight is 395 g/mol.